The third-order valence-corrected chi connectivity index (χ3v) is 5.61. The van der Waals surface area contributed by atoms with Gasteiger partial charge in [-0.25, -0.2) is 0 Å². The third-order valence-electron chi connectivity index (χ3n) is 5.61. The number of alkyl halides is 6. The van der Waals surface area contributed by atoms with Crippen molar-refractivity contribution >= 4 is 11.9 Å². The third kappa shape index (κ3) is 3.38. The molecule has 0 aromatic rings. The minimum absolute atomic E-state index is 0.255. The molecular weight excluding hydrogens is 386 g/mol. The smallest absolute Gasteiger partial charge is 0.434 e. The first kappa shape index (κ1) is 20.2. The molecule has 0 N–H and O–H groups in total. The normalized spacial score (nSPS) is 36.3. The number of rotatable bonds is 5. The van der Waals surface area contributed by atoms with E-state index < -0.39 is 66.3 Å². The van der Waals surface area contributed by atoms with Crippen LogP contribution in [0, 0.1) is 23.7 Å². The van der Waals surface area contributed by atoms with Crippen LogP contribution in [0.1, 0.15) is 26.7 Å². The zero-order valence-electron chi connectivity index (χ0n) is 14.3. The minimum atomic E-state index is -5.81. The molecule has 27 heavy (non-hydrogen) atoms. The fourth-order valence-electron chi connectivity index (χ4n) is 4.37. The van der Waals surface area contributed by atoms with Crippen molar-refractivity contribution < 1.29 is 50.1 Å². The molecule has 2 saturated carbocycles. The van der Waals surface area contributed by atoms with Crippen molar-refractivity contribution in [1.82, 2.24) is 0 Å². The highest BCUT2D eigenvalue weighted by atomic mass is 19.4. The Morgan fingerprint density at radius 2 is 1.78 bits per heavy atom. The molecule has 3 rings (SSSR count). The summed E-state index contributed by atoms with van der Waals surface area (Å²) in [5, 5.41) is 0. The zero-order valence-corrected chi connectivity index (χ0v) is 14.3. The summed E-state index contributed by atoms with van der Waals surface area (Å²) in [7, 11) is 0. The van der Waals surface area contributed by atoms with Crippen LogP contribution in [0.15, 0.2) is 0 Å². The Balaban J connectivity index is 1.83. The van der Waals surface area contributed by atoms with Gasteiger partial charge < -0.3 is 14.2 Å². The molecule has 0 radical (unpaired) electrons. The summed E-state index contributed by atoms with van der Waals surface area (Å²) >= 11 is 0. The summed E-state index contributed by atoms with van der Waals surface area (Å²) in [5.41, 5.74) is 0. The highest BCUT2D eigenvalue weighted by Crippen LogP contribution is 2.59. The Morgan fingerprint density at radius 3 is 2.30 bits per heavy atom. The van der Waals surface area contributed by atoms with Gasteiger partial charge in [0.1, 0.15) is 6.10 Å². The van der Waals surface area contributed by atoms with Gasteiger partial charge in [-0.1, -0.05) is 6.92 Å². The van der Waals surface area contributed by atoms with E-state index in [1.165, 1.54) is 0 Å². The number of halogens is 6. The topological polar surface area (TPSA) is 61.8 Å². The average molecular weight is 404 g/mol. The van der Waals surface area contributed by atoms with Crippen LogP contribution in [0.2, 0.25) is 0 Å². The van der Waals surface area contributed by atoms with Gasteiger partial charge in [0.25, 0.3) is 6.10 Å². The second kappa shape index (κ2) is 6.52. The van der Waals surface area contributed by atoms with E-state index in [4.69, 9.17) is 9.47 Å². The number of hydrogen-bond acceptors (Lipinski definition) is 5. The van der Waals surface area contributed by atoms with Crippen LogP contribution in [0.3, 0.4) is 0 Å². The fourth-order valence-corrected chi connectivity index (χ4v) is 4.37. The number of esters is 2. The Hall–Kier alpha value is -1.52. The largest absolute Gasteiger partial charge is 0.459 e. The summed E-state index contributed by atoms with van der Waals surface area (Å²) in [6.07, 6.45) is -16.7. The molecule has 11 heteroatoms. The van der Waals surface area contributed by atoms with E-state index in [1.807, 2.05) is 6.92 Å². The molecule has 154 valence electrons. The summed E-state index contributed by atoms with van der Waals surface area (Å²) in [6, 6.07) is 0. The molecule has 1 saturated heterocycles. The molecule has 0 aromatic heterocycles. The molecule has 1 aliphatic heterocycles. The minimum Gasteiger partial charge on any atom is -0.459 e. The monoisotopic (exact) mass is 404 g/mol. The quantitative estimate of drug-likeness (QED) is 0.521. The molecule has 0 spiro atoms. The predicted octanol–water partition coefficient (Wildman–Crippen LogP) is 3.01. The maximum Gasteiger partial charge on any atom is 0.434 e. The van der Waals surface area contributed by atoms with Crippen LogP contribution >= 0.6 is 0 Å². The van der Waals surface area contributed by atoms with Crippen LogP contribution in [-0.4, -0.2) is 48.7 Å². The van der Waals surface area contributed by atoms with Crippen LogP contribution in [0.5, 0.6) is 0 Å². The number of carbonyl (C=O) groups excluding carboxylic acids is 2. The maximum absolute atomic E-state index is 12.7. The van der Waals surface area contributed by atoms with Gasteiger partial charge in [-0.05, 0) is 19.8 Å². The number of carbonyl (C=O) groups is 2. The highest BCUT2D eigenvalue weighted by molar-refractivity contribution is 5.86. The SMILES string of the molecule is CCC(C)OC1C2CC3C1OC(=O)C3C2C(=O)OC(C(F)(F)F)C(F)(F)F. The van der Waals surface area contributed by atoms with Crippen molar-refractivity contribution in [2.75, 3.05) is 0 Å². The molecule has 2 bridgehead atoms. The molecule has 1 heterocycles. The Labute approximate surface area is 150 Å². The number of ether oxygens (including phenoxy) is 3. The summed E-state index contributed by atoms with van der Waals surface area (Å²) in [6.45, 7) is 3.56. The second-order valence-electron chi connectivity index (χ2n) is 7.24. The summed E-state index contributed by atoms with van der Waals surface area (Å²) in [4.78, 5) is 24.3. The Bertz CT molecular complexity index is 603. The Morgan fingerprint density at radius 1 is 1.19 bits per heavy atom. The van der Waals surface area contributed by atoms with Gasteiger partial charge in [0, 0.05) is 11.8 Å². The van der Waals surface area contributed by atoms with E-state index in [-0.39, 0.29) is 12.5 Å². The molecule has 0 aromatic carbocycles. The maximum atomic E-state index is 12.7. The van der Waals surface area contributed by atoms with Gasteiger partial charge in [-0.3, -0.25) is 9.59 Å². The van der Waals surface area contributed by atoms with Crippen LogP contribution in [0.25, 0.3) is 0 Å². The van der Waals surface area contributed by atoms with E-state index in [1.54, 1.807) is 6.92 Å². The van der Waals surface area contributed by atoms with E-state index in [0.717, 1.165) is 0 Å². The van der Waals surface area contributed by atoms with E-state index in [9.17, 15) is 35.9 Å². The lowest BCUT2D eigenvalue weighted by molar-refractivity contribution is -0.315. The van der Waals surface area contributed by atoms with Crippen LogP contribution in [-0.2, 0) is 23.8 Å². The van der Waals surface area contributed by atoms with Gasteiger partial charge in [0.2, 0.25) is 0 Å². The van der Waals surface area contributed by atoms with Gasteiger partial charge in [0.15, 0.2) is 0 Å². The highest BCUT2D eigenvalue weighted by Gasteiger charge is 2.70. The molecule has 7 atom stereocenters. The molecular formula is C16H18F6O5. The molecule has 5 nitrogen and oxygen atoms in total. The predicted molar refractivity (Wildman–Crippen MR) is 75.1 cm³/mol. The number of fused-ring (bicyclic) bond motifs is 1. The van der Waals surface area contributed by atoms with E-state index >= 15 is 0 Å². The standard InChI is InChI=1S/C16H18F6O5/c1-3-5(2)25-10-6-4-7-8(12(23)26-11(7)10)9(6)13(24)27-14(15(17,18)19)16(20,21)22/h5-11,14H,3-4H2,1-2H3. The van der Waals surface area contributed by atoms with Gasteiger partial charge in [-0.15, -0.1) is 0 Å². The molecule has 3 aliphatic rings. The lowest BCUT2D eigenvalue weighted by atomic mass is 9.78. The summed E-state index contributed by atoms with van der Waals surface area (Å²) < 4.78 is 91.0. The van der Waals surface area contributed by atoms with E-state index in [2.05, 4.69) is 4.74 Å². The molecule has 2 aliphatic carbocycles. The average Bonchev–Trinajstić information content (AvgIpc) is 3.13. The van der Waals surface area contributed by atoms with Crippen LogP contribution in [0.4, 0.5) is 26.3 Å². The molecule has 3 fully saturated rings. The van der Waals surface area contributed by atoms with E-state index in [0.29, 0.717) is 6.42 Å². The molecule has 7 unspecified atom stereocenters. The first-order valence-corrected chi connectivity index (χ1v) is 8.56. The first-order valence-electron chi connectivity index (χ1n) is 8.56. The van der Waals surface area contributed by atoms with Gasteiger partial charge in [-0.2, -0.15) is 26.3 Å². The second-order valence-corrected chi connectivity index (χ2v) is 7.24. The van der Waals surface area contributed by atoms with Crippen molar-refractivity contribution in [3.05, 3.63) is 0 Å². The Kier molecular flexibility index (Phi) is 4.89. The lowest BCUT2D eigenvalue weighted by Gasteiger charge is -2.33. The van der Waals surface area contributed by atoms with Gasteiger partial charge >= 0.3 is 24.3 Å². The zero-order chi connectivity index (χ0) is 20.3. The van der Waals surface area contributed by atoms with Crippen molar-refractivity contribution in [3.63, 3.8) is 0 Å². The molecule has 0 amide bonds. The summed E-state index contributed by atoms with van der Waals surface area (Å²) in [5.74, 6) is -6.22. The first-order chi connectivity index (χ1) is 12.4. The van der Waals surface area contributed by atoms with Gasteiger partial charge in [0.05, 0.1) is 24.0 Å². The number of hydrogen-bond donors (Lipinski definition) is 0. The van der Waals surface area contributed by atoms with Crippen molar-refractivity contribution in [1.29, 1.82) is 0 Å². The van der Waals surface area contributed by atoms with Crippen LogP contribution < -0.4 is 0 Å². The van der Waals surface area contributed by atoms with Crippen molar-refractivity contribution in [2.45, 2.75) is 63.5 Å². The lowest BCUT2D eigenvalue weighted by Crippen LogP contribution is -2.49. The van der Waals surface area contributed by atoms with Crippen molar-refractivity contribution in [2.24, 2.45) is 23.7 Å². The van der Waals surface area contributed by atoms with Crippen molar-refractivity contribution in [3.8, 4) is 0 Å². The fraction of sp³-hybridized carbons (Fsp3) is 0.875.